The number of nitrogens with one attached hydrogen (secondary N) is 1. The van der Waals surface area contributed by atoms with Gasteiger partial charge in [0, 0.05) is 17.2 Å². The van der Waals surface area contributed by atoms with Crippen molar-refractivity contribution in [3.8, 4) is 17.4 Å². The summed E-state index contributed by atoms with van der Waals surface area (Å²) in [6, 6.07) is 18.7. The van der Waals surface area contributed by atoms with Gasteiger partial charge in [-0.15, -0.1) is 0 Å². The van der Waals surface area contributed by atoms with Crippen molar-refractivity contribution >= 4 is 11.6 Å². The molecule has 0 aliphatic carbocycles. The number of amides is 1. The van der Waals surface area contributed by atoms with Crippen LogP contribution < -0.4 is 14.8 Å². The topological polar surface area (TPSA) is 60.5 Å². The van der Waals surface area contributed by atoms with Crippen LogP contribution >= 0.6 is 0 Å². The van der Waals surface area contributed by atoms with Crippen LogP contribution in [0, 0.1) is 0 Å². The molecule has 2 heterocycles. The zero-order valence-electron chi connectivity index (χ0n) is 13.6. The minimum absolute atomic E-state index is 0.129. The van der Waals surface area contributed by atoms with Gasteiger partial charge in [-0.05, 0) is 18.2 Å². The van der Waals surface area contributed by atoms with E-state index in [0.717, 1.165) is 11.1 Å². The number of fused-ring (bicyclic) bond motifs is 2. The van der Waals surface area contributed by atoms with Gasteiger partial charge in [-0.1, -0.05) is 36.4 Å². The monoisotopic (exact) mass is 332 g/mol. The van der Waals surface area contributed by atoms with E-state index in [1.165, 1.54) is 0 Å². The molecule has 3 aromatic rings. The van der Waals surface area contributed by atoms with Gasteiger partial charge in [-0.2, -0.15) is 0 Å². The lowest BCUT2D eigenvalue weighted by Gasteiger charge is -2.27. The van der Waals surface area contributed by atoms with Gasteiger partial charge in [-0.25, -0.2) is 4.98 Å². The summed E-state index contributed by atoms with van der Waals surface area (Å²) >= 11 is 0. The molecule has 0 spiro atoms. The third kappa shape index (κ3) is 2.80. The summed E-state index contributed by atoms with van der Waals surface area (Å²) < 4.78 is 11.0. The number of aromatic nitrogens is 1. The molecule has 5 heteroatoms. The number of carbonyl (C=O) groups is 1. The van der Waals surface area contributed by atoms with E-state index in [1.54, 1.807) is 25.4 Å². The van der Waals surface area contributed by atoms with Gasteiger partial charge in [-0.3, -0.25) is 4.79 Å². The fourth-order valence-electron chi connectivity index (χ4n) is 2.98. The molecule has 0 saturated carbocycles. The average Bonchev–Trinajstić information content (AvgIpc) is 2.66. The molecule has 0 bridgehead atoms. The first-order valence-electron chi connectivity index (χ1n) is 7.93. The van der Waals surface area contributed by atoms with Crippen LogP contribution in [0.5, 0.6) is 17.4 Å². The SMILES string of the molecule is COc1ccc(NC(=O)C2c3ccccc3Oc3ccccc32)cn1. The van der Waals surface area contributed by atoms with Crippen LogP contribution in [-0.2, 0) is 4.79 Å². The molecule has 0 radical (unpaired) electrons. The molecule has 2 aromatic carbocycles. The summed E-state index contributed by atoms with van der Waals surface area (Å²) in [5.74, 6) is 1.33. The molecule has 25 heavy (non-hydrogen) atoms. The second-order valence-corrected chi connectivity index (χ2v) is 5.69. The molecule has 1 amide bonds. The first kappa shape index (κ1) is 15.2. The number of benzene rings is 2. The van der Waals surface area contributed by atoms with E-state index in [1.807, 2.05) is 48.5 Å². The fourth-order valence-corrected chi connectivity index (χ4v) is 2.98. The zero-order valence-corrected chi connectivity index (χ0v) is 13.6. The number of hydrogen-bond donors (Lipinski definition) is 1. The average molecular weight is 332 g/mol. The summed E-state index contributed by atoms with van der Waals surface area (Å²) in [7, 11) is 1.55. The lowest BCUT2D eigenvalue weighted by molar-refractivity contribution is -0.116. The van der Waals surface area contributed by atoms with Gasteiger partial charge in [0.1, 0.15) is 11.5 Å². The van der Waals surface area contributed by atoms with E-state index < -0.39 is 5.92 Å². The molecule has 0 atom stereocenters. The van der Waals surface area contributed by atoms with E-state index in [4.69, 9.17) is 9.47 Å². The van der Waals surface area contributed by atoms with E-state index in [0.29, 0.717) is 23.1 Å². The highest BCUT2D eigenvalue weighted by atomic mass is 16.5. The van der Waals surface area contributed by atoms with Crippen LogP contribution in [0.15, 0.2) is 66.9 Å². The number of nitrogens with zero attached hydrogens (tertiary/aromatic N) is 1. The quantitative estimate of drug-likeness (QED) is 0.788. The van der Waals surface area contributed by atoms with Crippen LogP contribution in [0.4, 0.5) is 5.69 Å². The van der Waals surface area contributed by atoms with Gasteiger partial charge in [0.25, 0.3) is 0 Å². The Labute approximate surface area is 145 Å². The number of carbonyl (C=O) groups excluding carboxylic acids is 1. The van der Waals surface area contributed by atoms with Crippen molar-refractivity contribution in [3.63, 3.8) is 0 Å². The Balaban J connectivity index is 1.70. The van der Waals surface area contributed by atoms with Gasteiger partial charge in [0.2, 0.25) is 11.8 Å². The maximum absolute atomic E-state index is 13.0. The summed E-state index contributed by atoms with van der Waals surface area (Å²) in [5, 5.41) is 2.93. The van der Waals surface area contributed by atoms with E-state index in [9.17, 15) is 4.79 Å². The molecule has 124 valence electrons. The Bertz CT molecular complexity index is 877. The summed E-state index contributed by atoms with van der Waals surface area (Å²) in [6.07, 6.45) is 1.58. The number of hydrogen-bond acceptors (Lipinski definition) is 4. The maximum atomic E-state index is 13.0. The molecular weight excluding hydrogens is 316 g/mol. The number of para-hydroxylation sites is 2. The van der Waals surface area contributed by atoms with E-state index in [2.05, 4.69) is 10.3 Å². The highest BCUT2D eigenvalue weighted by Gasteiger charge is 2.32. The molecule has 1 aliphatic rings. The molecule has 1 aromatic heterocycles. The highest BCUT2D eigenvalue weighted by Crippen LogP contribution is 2.44. The largest absolute Gasteiger partial charge is 0.481 e. The standard InChI is InChI=1S/C20H16N2O3/c1-24-18-11-10-13(12-21-18)22-20(23)19-14-6-2-4-8-16(14)25-17-9-5-3-7-15(17)19/h2-12,19H,1H3,(H,22,23). The summed E-state index contributed by atoms with van der Waals surface area (Å²) in [6.45, 7) is 0. The van der Waals surface area contributed by atoms with Crippen molar-refractivity contribution in [2.45, 2.75) is 5.92 Å². The predicted octanol–water partition coefficient (Wildman–Crippen LogP) is 3.97. The molecule has 5 nitrogen and oxygen atoms in total. The van der Waals surface area contributed by atoms with Crippen molar-refractivity contribution in [1.82, 2.24) is 4.98 Å². The van der Waals surface area contributed by atoms with Crippen molar-refractivity contribution in [3.05, 3.63) is 78.0 Å². The number of anilines is 1. The second-order valence-electron chi connectivity index (χ2n) is 5.69. The number of pyridine rings is 1. The van der Waals surface area contributed by atoms with E-state index in [-0.39, 0.29) is 5.91 Å². The number of methoxy groups -OCH3 is 1. The Morgan fingerprint density at radius 1 is 1.00 bits per heavy atom. The molecule has 0 fully saturated rings. The third-order valence-electron chi connectivity index (χ3n) is 4.16. The molecule has 0 unspecified atom stereocenters. The highest BCUT2D eigenvalue weighted by molar-refractivity contribution is 5.99. The molecular formula is C20H16N2O3. The lowest BCUT2D eigenvalue weighted by atomic mass is 9.87. The minimum atomic E-state index is -0.441. The predicted molar refractivity (Wildman–Crippen MR) is 94.2 cm³/mol. The van der Waals surface area contributed by atoms with Crippen molar-refractivity contribution < 1.29 is 14.3 Å². The smallest absolute Gasteiger partial charge is 0.236 e. The van der Waals surface area contributed by atoms with E-state index >= 15 is 0 Å². The Kier molecular flexibility index (Phi) is 3.82. The maximum Gasteiger partial charge on any atom is 0.236 e. The Morgan fingerprint density at radius 3 is 2.20 bits per heavy atom. The summed E-state index contributed by atoms with van der Waals surface area (Å²) in [4.78, 5) is 17.1. The van der Waals surface area contributed by atoms with Crippen LogP contribution in [0.25, 0.3) is 0 Å². The molecule has 4 rings (SSSR count). The molecule has 1 aliphatic heterocycles. The fraction of sp³-hybridized carbons (Fsp3) is 0.100. The Hall–Kier alpha value is -3.34. The minimum Gasteiger partial charge on any atom is -0.481 e. The van der Waals surface area contributed by atoms with Crippen molar-refractivity contribution in [1.29, 1.82) is 0 Å². The van der Waals surface area contributed by atoms with Gasteiger partial charge in [0.15, 0.2) is 0 Å². The van der Waals surface area contributed by atoms with Crippen molar-refractivity contribution in [2.24, 2.45) is 0 Å². The number of ether oxygens (including phenoxy) is 2. The van der Waals surface area contributed by atoms with Crippen molar-refractivity contribution in [2.75, 3.05) is 12.4 Å². The zero-order chi connectivity index (χ0) is 17.2. The van der Waals surface area contributed by atoms with Gasteiger partial charge >= 0.3 is 0 Å². The first-order chi connectivity index (χ1) is 12.3. The van der Waals surface area contributed by atoms with Crippen LogP contribution in [0.3, 0.4) is 0 Å². The second kappa shape index (κ2) is 6.28. The normalized spacial score (nSPS) is 12.5. The lowest BCUT2D eigenvalue weighted by Crippen LogP contribution is -2.25. The van der Waals surface area contributed by atoms with Crippen LogP contribution in [-0.4, -0.2) is 18.0 Å². The Morgan fingerprint density at radius 2 is 1.64 bits per heavy atom. The molecule has 1 N–H and O–H groups in total. The van der Waals surface area contributed by atoms with Crippen LogP contribution in [0.2, 0.25) is 0 Å². The van der Waals surface area contributed by atoms with Gasteiger partial charge in [0.05, 0.1) is 24.9 Å². The summed E-state index contributed by atoms with van der Waals surface area (Å²) in [5.41, 5.74) is 2.31. The molecule has 0 saturated heterocycles. The first-order valence-corrected chi connectivity index (χ1v) is 7.93. The third-order valence-corrected chi connectivity index (χ3v) is 4.16. The van der Waals surface area contributed by atoms with Gasteiger partial charge < -0.3 is 14.8 Å². The van der Waals surface area contributed by atoms with Crippen LogP contribution in [0.1, 0.15) is 17.0 Å². The number of rotatable bonds is 3.